The van der Waals surface area contributed by atoms with Gasteiger partial charge >= 0.3 is 0 Å². The van der Waals surface area contributed by atoms with Gasteiger partial charge in [0, 0.05) is 28.6 Å². The molecule has 2 aromatic rings. The summed E-state index contributed by atoms with van der Waals surface area (Å²) in [6.07, 6.45) is 1.90. The minimum absolute atomic E-state index is 0.812. The van der Waals surface area contributed by atoms with Crippen LogP contribution >= 0.6 is 22.6 Å². The van der Waals surface area contributed by atoms with Crippen LogP contribution in [0.4, 0.5) is 11.4 Å². The maximum atomic E-state index is 5.38. The predicted molar refractivity (Wildman–Crippen MR) is 95.9 cm³/mol. The van der Waals surface area contributed by atoms with Gasteiger partial charge in [0.1, 0.15) is 0 Å². The van der Waals surface area contributed by atoms with Crippen LogP contribution in [-0.4, -0.2) is 32.5 Å². The first kappa shape index (κ1) is 14.5. The van der Waals surface area contributed by atoms with Gasteiger partial charge in [-0.15, -0.1) is 0 Å². The van der Waals surface area contributed by atoms with Crippen LogP contribution in [0.25, 0.3) is 0 Å². The molecular weight excluding hydrogens is 375 g/mol. The van der Waals surface area contributed by atoms with Gasteiger partial charge < -0.3 is 9.64 Å². The second-order valence-corrected chi connectivity index (χ2v) is 6.17. The predicted octanol–water partition coefficient (Wildman–Crippen LogP) is 3.88. The first-order chi connectivity index (χ1) is 10.3. The van der Waals surface area contributed by atoms with Crippen LogP contribution in [0.3, 0.4) is 0 Å². The number of aliphatic imine (C=N–C) groups is 1. The highest BCUT2D eigenvalue weighted by Gasteiger charge is 2.10. The first-order valence-corrected chi connectivity index (χ1v) is 8.11. The largest absolute Gasteiger partial charge is 0.378 e. The number of anilines is 1. The molecule has 1 heterocycles. The van der Waals surface area contributed by atoms with E-state index in [4.69, 9.17) is 4.74 Å². The third-order valence-electron chi connectivity index (χ3n) is 3.46. The Kier molecular flexibility index (Phi) is 4.87. The summed E-state index contributed by atoms with van der Waals surface area (Å²) in [6.45, 7) is 3.55. The summed E-state index contributed by atoms with van der Waals surface area (Å²) >= 11 is 2.30. The molecule has 4 heteroatoms. The fourth-order valence-corrected chi connectivity index (χ4v) is 2.63. The van der Waals surface area contributed by atoms with Gasteiger partial charge in [-0.05, 0) is 64.6 Å². The average Bonchev–Trinajstić information content (AvgIpc) is 2.56. The van der Waals surface area contributed by atoms with E-state index in [1.165, 1.54) is 9.26 Å². The lowest BCUT2D eigenvalue weighted by Crippen LogP contribution is -2.36. The second kappa shape index (κ2) is 7.04. The molecule has 0 bridgehead atoms. The van der Waals surface area contributed by atoms with Crippen molar-refractivity contribution in [2.75, 3.05) is 31.2 Å². The summed E-state index contributed by atoms with van der Waals surface area (Å²) in [5, 5.41) is 0. The zero-order valence-corrected chi connectivity index (χ0v) is 13.9. The van der Waals surface area contributed by atoms with Gasteiger partial charge in [0.15, 0.2) is 0 Å². The highest BCUT2D eigenvalue weighted by atomic mass is 127. The topological polar surface area (TPSA) is 24.8 Å². The molecule has 0 radical (unpaired) electrons. The number of benzene rings is 2. The number of nitrogens with zero attached hydrogens (tertiary/aromatic N) is 2. The second-order valence-electron chi connectivity index (χ2n) is 4.93. The van der Waals surface area contributed by atoms with Crippen molar-refractivity contribution < 1.29 is 4.74 Å². The van der Waals surface area contributed by atoms with Crippen molar-refractivity contribution in [3.63, 3.8) is 0 Å². The Morgan fingerprint density at radius 2 is 1.62 bits per heavy atom. The molecule has 0 aromatic heterocycles. The average molecular weight is 392 g/mol. The normalized spacial score (nSPS) is 15.6. The van der Waals surface area contributed by atoms with Crippen LogP contribution in [0.2, 0.25) is 0 Å². The molecule has 21 heavy (non-hydrogen) atoms. The van der Waals surface area contributed by atoms with Gasteiger partial charge in [-0.3, -0.25) is 4.99 Å². The Bertz CT molecular complexity index is 602. The minimum atomic E-state index is 0.812. The Hall–Kier alpha value is -1.40. The fraction of sp³-hybridized carbons (Fsp3) is 0.235. The molecule has 0 amide bonds. The van der Waals surface area contributed by atoms with Crippen molar-refractivity contribution in [3.8, 4) is 0 Å². The van der Waals surface area contributed by atoms with Crippen molar-refractivity contribution in [1.29, 1.82) is 0 Å². The quantitative estimate of drug-likeness (QED) is 0.585. The molecule has 108 valence electrons. The van der Waals surface area contributed by atoms with E-state index >= 15 is 0 Å². The van der Waals surface area contributed by atoms with Gasteiger partial charge in [-0.2, -0.15) is 0 Å². The van der Waals surface area contributed by atoms with E-state index in [0.717, 1.165) is 37.6 Å². The zero-order valence-electron chi connectivity index (χ0n) is 11.7. The van der Waals surface area contributed by atoms with E-state index in [0.29, 0.717) is 0 Å². The maximum Gasteiger partial charge on any atom is 0.0642 e. The van der Waals surface area contributed by atoms with Crippen molar-refractivity contribution in [2.45, 2.75) is 0 Å². The Balaban J connectivity index is 1.67. The maximum absolute atomic E-state index is 5.38. The van der Waals surface area contributed by atoms with E-state index in [9.17, 15) is 0 Å². The first-order valence-electron chi connectivity index (χ1n) is 7.04. The van der Waals surface area contributed by atoms with Crippen molar-refractivity contribution >= 4 is 40.2 Å². The van der Waals surface area contributed by atoms with Crippen LogP contribution in [-0.2, 0) is 4.74 Å². The van der Waals surface area contributed by atoms with E-state index in [2.05, 4.69) is 81.0 Å². The van der Waals surface area contributed by atoms with Gasteiger partial charge in [0.05, 0.1) is 18.9 Å². The Morgan fingerprint density at radius 3 is 2.29 bits per heavy atom. The molecule has 0 saturated carbocycles. The van der Waals surface area contributed by atoms with E-state index in [-0.39, 0.29) is 0 Å². The zero-order chi connectivity index (χ0) is 14.5. The molecule has 0 aliphatic carbocycles. The molecule has 0 spiro atoms. The Labute approximate surface area is 138 Å². The number of rotatable bonds is 3. The lowest BCUT2D eigenvalue weighted by Gasteiger charge is -2.28. The third-order valence-corrected chi connectivity index (χ3v) is 4.18. The van der Waals surface area contributed by atoms with Crippen molar-refractivity contribution in [3.05, 3.63) is 57.7 Å². The van der Waals surface area contributed by atoms with Gasteiger partial charge in [0.2, 0.25) is 0 Å². The summed E-state index contributed by atoms with van der Waals surface area (Å²) < 4.78 is 6.61. The molecule has 1 aliphatic rings. The highest BCUT2D eigenvalue weighted by Crippen LogP contribution is 2.20. The van der Waals surface area contributed by atoms with E-state index < -0.39 is 0 Å². The van der Waals surface area contributed by atoms with Gasteiger partial charge in [-0.25, -0.2) is 0 Å². The summed E-state index contributed by atoms with van der Waals surface area (Å²) in [4.78, 5) is 6.87. The molecule has 1 fully saturated rings. The number of halogens is 1. The molecule has 1 saturated heterocycles. The van der Waals surface area contributed by atoms with E-state index in [1.54, 1.807) is 0 Å². The highest BCUT2D eigenvalue weighted by molar-refractivity contribution is 14.1. The number of hydrogen-bond donors (Lipinski definition) is 0. The molecular formula is C17H17IN2O. The van der Waals surface area contributed by atoms with Crippen LogP contribution < -0.4 is 4.90 Å². The molecule has 2 aromatic carbocycles. The SMILES string of the molecule is Ic1ccc(C=Nc2ccc(N3CCOCC3)cc2)cc1. The van der Waals surface area contributed by atoms with E-state index in [1.807, 2.05) is 6.21 Å². The fourth-order valence-electron chi connectivity index (χ4n) is 2.27. The van der Waals surface area contributed by atoms with Crippen LogP contribution in [0.1, 0.15) is 5.56 Å². The standard InChI is InChI=1S/C17H17IN2O/c18-15-3-1-14(2-4-15)13-19-16-5-7-17(8-6-16)20-9-11-21-12-10-20/h1-8,13H,9-12H2. The molecule has 1 aliphatic heterocycles. The summed E-state index contributed by atoms with van der Waals surface area (Å²) in [6, 6.07) is 16.7. The number of morpholine rings is 1. The number of ether oxygens (including phenoxy) is 1. The molecule has 3 nitrogen and oxygen atoms in total. The minimum Gasteiger partial charge on any atom is -0.378 e. The lowest BCUT2D eigenvalue weighted by atomic mass is 10.2. The van der Waals surface area contributed by atoms with Gasteiger partial charge in [-0.1, -0.05) is 12.1 Å². The Morgan fingerprint density at radius 1 is 0.952 bits per heavy atom. The number of hydrogen-bond acceptors (Lipinski definition) is 3. The molecule has 0 N–H and O–H groups in total. The monoisotopic (exact) mass is 392 g/mol. The summed E-state index contributed by atoms with van der Waals surface area (Å²) in [7, 11) is 0. The van der Waals surface area contributed by atoms with Crippen LogP contribution in [0, 0.1) is 3.57 Å². The van der Waals surface area contributed by atoms with Gasteiger partial charge in [0.25, 0.3) is 0 Å². The van der Waals surface area contributed by atoms with Crippen molar-refractivity contribution in [1.82, 2.24) is 0 Å². The molecule has 0 atom stereocenters. The summed E-state index contributed by atoms with van der Waals surface area (Å²) in [5.41, 5.74) is 3.34. The third kappa shape index (κ3) is 4.04. The smallest absolute Gasteiger partial charge is 0.0642 e. The van der Waals surface area contributed by atoms with Crippen LogP contribution in [0.15, 0.2) is 53.5 Å². The van der Waals surface area contributed by atoms with Crippen LogP contribution in [0.5, 0.6) is 0 Å². The molecule has 3 rings (SSSR count). The van der Waals surface area contributed by atoms with Crippen molar-refractivity contribution in [2.24, 2.45) is 4.99 Å². The lowest BCUT2D eigenvalue weighted by molar-refractivity contribution is 0.122. The summed E-state index contributed by atoms with van der Waals surface area (Å²) in [5.74, 6) is 0. The molecule has 0 unspecified atom stereocenters.